The van der Waals surface area contributed by atoms with Crippen LogP contribution in [0, 0.1) is 0 Å². The number of hydrazine groups is 1. The van der Waals surface area contributed by atoms with Gasteiger partial charge in [-0.2, -0.15) is 0 Å². The van der Waals surface area contributed by atoms with E-state index in [-0.39, 0.29) is 5.91 Å². The smallest absolute Gasteiger partial charge is 0.224 e. The van der Waals surface area contributed by atoms with Crippen molar-refractivity contribution in [3.05, 3.63) is 48.5 Å². The fourth-order valence-corrected chi connectivity index (χ4v) is 4.39. The third kappa shape index (κ3) is 12.9. The Bertz CT molecular complexity index is 777. The lowest BCUT2D eigenvalue weighted by Crippen LogP contribution is -2.11. The van der Waals surface area contributed by atoms with Gasteiger partial charge in [-0.05, 0) is 61.2 Å². The van der Waals surface area contributed by atoms with Crippen LogP contribution in [0.3, 0.4) is 0 Å². The lowest BCUT2D eigenvalue weighted by Gasteiger charge is -2.11. The molecule has 0 saturated carbocycles. The largest absolute Gasteiger partial charge is 0.326 e. The molecule has 0 spiro atoms. The van der Waals surface area contributed by atoms with Crippen LogP contribution in [-0.4, -0.2) is 12.2 Å². The standard InChI is InChI=1S/C29H45N3OS/c1-3-4-5-6-7-8-9-10-11-12-13-14-15-16-29(33)30-25-17-19-26(20-18-25)31-32-27-21-23-28(34-2)24-22-27/h17-24,31-32H,3-16H2,1-2H3,(H,30,33). The summed E-state index contributed by atoms with van der Waals surface area (Å²) < 4.78 is 0. The van der Waals surface area contributed by atoms with Gasteiger partial charge in [0.05, 0.1) is 11.4 Å². The SMILES string of the molecule is CCCCCCCCCCCCCCCC(=O)Nc1ccc(NNc2ccc(SC)cc2)cc1. The summed E-state index contributed by atoms with van der Waals surface area (Å²) in [6.45, 7) is 2.27. The van der Waals surface area contributed by atoms with E-state index in [0.717, 1.165) is 29.9 Å². The fourth-order valence-electron chi connectivity index (χ4n) is 3.98. The first-order chi connectivity index (χ1) is 16.7. The van der Waals surface area contributed by atoms with Crippen LogP contribution >= 0.6 is 11.8 Å². The van der Waals surface area contributed by atoms with Crippen molar-refractivity contribution in [1.29, 1.82) is 0 Å². The molecule has 34 heavy (non-hydrogen) atoms. The van der Waals surface area contributed by atoms with Crippen LogP contribution in [0.4, 0.5) is 17.1 Å². The van der Waals surface area contributed by atoms with Crippen molar-refractivity contribution in [3.63, 3.8) is 0 Å². The number of benzene rings is 2. The third-order valence-electron chi connectivity index (χ3n) is 6.12. The van der Waals surface area contributed by atoms with Gasteiger partial charge in [0.15, 0.2) is 0 Å². The Labute approximate surface area is 212 Å². The molecule has 2 aromatic rings. The van der Waals surface area contributed by atoms with Gasteiger partial charge in [0, 0.05) is 17.0 Å². The topological polar surface area (TPSA) is 53.2 Å². The Hall–Kier alpha value is -2.14. The van der Waals surface area contributed by atoms with Gasteiger partial charge in [-0.1, -0.05) is 84.0 Å². The molecule has 0 aliphatic rings. The number of hydrogen-bond donors (Lipinski definition) is 3. The maximum absolute atomic E-state index is 12.2. The number of amides is 1. The number of nitrogens with one attached hydrogen (secondary N) is 3. The Balaban J connectivity index is 1.47. The normalized spacial score (nSPS) is 10.8. The molecule has 0 aliphatic heterocycles. The van der Waals surface area contributed by atoms with Crippen molar-refractivity contribution in [2.24, 2.45) is 0 Å². The molecule has 4 nitrogen and oxygen atoms in total. The highest BCUT2D eigenvalue weighted by atomic mass is 32.2. The van der Waals surface area contributed by atoms with Gasteiger partial charge in [-0.15, -0.1) is 11.8 Å². The molecule has 2 aromatic carbocycles. The minimum atomic E-state index is 0.107. The fraction of sp³-hybridized carbons (Fsp3) is 0.552. The van der Waals surface area contributed by atoms with E-state index in [2.05, 4.69) is 41.5 Å². The summed E-state index contributed by atoms with van der Waals surface area (Å²) in [6.07, 6.45) is 19.8. The number of anilines is 3. The van der Waals surface area contributed by atoms with E-state index in [1.807, 2.05) is 36.4 Å². The monoisotopic (exact) mass is 483 g/mol. The average Bonchev–Trinajstić information content (AvgIpc) is 2.86. The van der Waals surface area contributed by atoms with Crippen LogP contribution in [0.15, 0.2) is 53.4 Å². The summed E-state index contributed by atoms with van der Waals surface area (Å²) >= 11 is 1.73. The highest BCUT2D eigenvalue weighted by molar-refractivity contribution is 7.98. The van der Waals surface area contributed by atoms with Crippen molar-refractivity contribution in [2.75, 3.05) is 22.4 Å². The first-order valence-corrected chi connectivity index (χ1v) is 14.5. The first kappa shape index (κ1) is 28.1. The van der Waals surface area contributed by atoms with Gasteiger partial charge in [0.2, 0.25) is 5.91 Å². The second-order valence-corrected chi connectivity index (χ2v) is 9.98. The Kier molecular flexibility index (Phi) is 15.1. The Morgan fingerprint density at radius 3 is 1.50 bits per heavy atom. The lowest BCUT2D eigenvalue weighted by molar-refractivity contribution is -0.116. The van der Waals surface area contributed by atoms with Gasteiger partial charge < -0.3 is 16.2 Å². The molecule has 1 amide bonds. The van der Waals surface area contributed by atoms with E-state index in [1.165, 1.54) is 75.5 Å². The van der Waals surface area contributed by atoms with E-state index in [4.69, 9.17) is 0 Å². The first-order valence-electron chi connectivity index (χ1n) is 13.3. The van der Waals surface area contributed by atoms with Crippen molar-refractivity contribution < 1.29 is 4.79 Å². The second kappa shape index (κ2) is 18.2. The zero-order chi connectivity index (χ0) is 24.3. The number of rotatable bonds is 19. The zero-order valence-corrected chi connectivity index (χ0v) is 22.2. The van der Waals surface area contributed by atoms with Crippen LogP contribution in [-0.2, 0) is 4.79 Å². The molecule has 0 fully saturated rings. The number of unbranched alkanes of at least 4 members (excludes halogenated alkanes) is 12. The van der Waals surface area contributed by atoms with Gasteiger partial charge in [-0.25, -0.2) is 0 Å². The summed E-state index contributed by atoms with van der Waals surface area (Å²) in [5, 5.41) is 3.01. The van der Waals surface area contributed by atoms with E-state index in [9.17, 15) is 4.79 Å². The predicted octanol–water partition coefficient (Wildman–Crippen LogP) is 9.27. The van der Waals surface area contributed by atoms with Crippen molar-refractivity contribution >= 4 is 34.7 Å². The molecule has 0 saturated heterocycles. The van der Waals surface area contributed by atoms with E-state index < -0.39 is 0 Å². The minimum absolute atomic E-state index is 0.107. The highest BCUT2D eigenvalue weighted by Crippen LogP contribution is 2.19. The Morgan fingerprint density at radius 2 is 1.03 bits per heavy atom. The summed E-state index contributed by atoms with van der Waals surface area (Å²) in [5.74, 6) is 0.107. The average molecular weight is 484 g/mol. The molecule has 0 radical (unpaired) electrons. The molecule has 3 N–H and O–H groups in total. The minimum Gasteiger partial charge on any atom is -0.326 e. The molecule has 0 atom stereocenters. The van der Waals surface area contributed by atoms with Gasteiger partial charge in [-0.3, -0.25) is 4.79 Å². The van der Waals surface area contributed by atoms with Crippen molar-refractivity contribution in [1.82, 2.24) is 0 Å². The molecular weight excluding hydrogens is 438 g/mol. The number of thioether (sulfide) groups is 1. The molecular formula is C29H45N3OS. The van der Waals surface area contributed by atoms with Gasteiger partial charge in [0.25, 0.3) is 0 Å². The second-order valence-electron chi connectivity index (χ2n) is 9.10. The van der Waals surface area contributed by atoms with E-state index in [1.54, 1.807) is 11.8 Å². The third-order valence-corrected chi connectivity index (χ3v) is 6.86. The molecule has 5 heteroatoms. The van der Waals surface area contributed by atoms with Crippen LogP contribution in [0.1, 0.15) is 96.8 Å². The quantitative estimate of drug-likeness (QED) is 0.106. The molecule has 0 aromatic heterocycles. The molecule has 0 aliphatic carbocycles. The summed E-state index contributed by atoms with van der Waals surface area (Å²) in [5.41, 5.74) is 9.18. The van der Waals surface area contributed by atoms with Crippen LogP contribution in [0.5, 0.6) is 0 Å². The summed E-state index contributed by atoms with van der Waals surface area (Å²) in [4.78, 5) is 13.5. The highest BCUT2D eigenvalue weighted by Gasteiger charge is 2.03. The van der Waals surface area contributed by atoms with Gasteiger partial charge >= 0.3 is 0 Å². The predicted molar refractivity (Wildman–Crippen MR) is 151 cm³/mol. The molecule has 188 valence electrons. The number of hydrogen-bond acceptors (Lipinski definition) is 4. The lowest BCUT2D eigenvalue weighted by atomic mass is 10.0. The molecule has 0 bridgehead atoms. The summed E-state index contributed by atoms with van der Waals surface area (Å²) in [7, 11) is 0. The zero-order valence-electron chi connectivity index (χ0n) is 21.3. The van der Waals surface area contributed by atoms with Gasteiger partial charge in [0.1, 0.15) is 0 Å². The maximum atomic E-state index is 12.2. The van der Waals surface area contributed by atoms with Crippen LogP contribution in [0.25, 0.3) is 0 Å². The summed E-state index contributed by atoms with van der Waals surface area (Å²) in [6, 6.07) is 16.1. The molecule has 2 rings (SSSR count). The Morgan fingerprint density at radius 1 is 0.618 bits per heavy atom. The maximum Gasteiger partial charge on any atom is 0.224 e. The van der Waals surface area contributed by atoms with Crippen LogP contribution in [0.2, 0.25) is 0 Å². The number of carbonyl (C=O) groups is 1. The van der Waals surface area contributed by atoms with E-state index in [0.29, 0.717) is 6.42 Å². The van der Waals surface area contributed by atoms with Crippen molar-refractivity contribution in [2.45, 2.75) is 102 Å². The van der Waals surface area contributed by atoms with E-state index >= 15 is 0 Å². The van der Waals surface area contributed by atoms with Crippen LogP contribution < -0.4 is 16.2 Å². The number of carbonyl (C=O) groups excluding carboxylic acids is 1. The molecule has 0 heterocycles. The van der Waals surface area contributed by atoms with Crippen molar-refractivity contribution in [3.8, 4) is 0 Å². The molecule has 0 unspecified atom stereocenters.